The number of rotatable bonds is 6. The monoisotopic (exact) mass is 622 g/mol. The van der Waals surface area contributed by atoms with E-state index in [9.17, 15) is 14.7 Å². The van der Waals surface area contributed by atoms with Gasteiger partial charge in [-0.15, -0.1) is 0 Å². The second kappa shape index (κ2) is 10.6. The van der Waals surface area contributed by atoms with E-state index in [1.165, 1.54) is 0 Å². The molecule has 0 radical (unpaired) electrons. The number of unbranched alkanes of at least 4 members (excludes halogenated alkanes) is 1. The van der Waals surface area contributed by atoms with Crippen molar-refractivity contribution in [3.05, 3.63) is 106 Å². The molecule has 2 unspecified atom stereocenters. The van der Waals surface area contributed by atoms with Crippen LogP contribution in [-0.2, 0) is 15.1 Å². The fourth-order valence-corrected chi connectivity index (χ4v) is 7.77. The van der Waals surface area contributed by atoms with Crippen LogP contribution < -0.4 is 14.5 Å². The summed E-state index contributed by atoms with van der Waals surface area (Å²) in [7, 11) is 1.90. The second-order valence-electron chi connectivity index (χ2n) is 12.9. The summed E-state index contributed by atoms with van der Waals surface area (Å²) in [6.07, 6.45) is 3.16. The molecule has 4 aromatic carbocycles. The van der Waals surface area contributed by atoms with E-state index < -0.39 is 11.6 Å². The van der Waals surface area contributed by atoms with Crippen LogP contribution in [0.1, 0.15) is 78.6 Å². The highest BCUT2D eigenvalue weighted by Gasteiger charge is 2.54. The maximum atomic E-state index is 13.5. The summed E-state index contributed by atoms with van der Waals surface area (Å²) in [6, 6.07) is 22.4. The molecule has 1 N–H and O–H groups in total. The number of ether oxygens (including phenoxy) is 2. The summed E-state index contributed by atoms with van der Waals surface area (Å²) in [5.41, 5.74) is 5.05. The minimum atomic E-state index is -1.25. The summed E-state index contributed by atoms with van der Waals surface area (Å²) >= 11 is 7.02. The van der Waals surface area contributed by atoms with Gasteiger partial charge >= 0.3 is 5.97 Å². The maximum absolute atomic E-state index is 13.5. The summed E-state index contributed by atoms with van der Waals surface area (Å²) in [5, 5.41) is 10.3. The highest BCUT2D eigenvalue weighted by atomic mass is 35.5. The lowest BCUT2D eigenvalue weighted by Gasteiger charge is -2.48. The molecule has 230 valence electrons. The van der Waals surface area contributed by atoms with Crippen LogP contribution in [0.2, 0.25) is 5.02 Å². The van der Waals surface area contributed by atoms with Crippen LogP contribution >= 0.6 is 11.6 Å². The van der Waals surface area contributed by atoms with Crippen molar-refractivity contribution in [1.29, 1.82) is 0 Å². The molecule has 0 bridgehead atoms. The molecule has 7 rings (SSSR count). The fraction of sp³-hybridized carbons (Fsp3) is 0.297. The highest BCUT2D eigenvalue weighted by molar-refractivity contribution is 6.33. The van der Waals surface area contributed by atoms with Crippen molar-refractivity contribution < 1.29 is 24.2 Å². The molecule has 0 saturated carbocycles. The van der Waals surface area contributed by atoms with E-state index in [2.05, 4.69) is 37.8 Å². The largest absolute Gasteiger partial charge is 0.508 e. The van der Waals surface area contributed by atoms with Crippen LogP contribution in [-0.4, -0.2) is 36.5 Å². The van der Waals surface area contributed by atoms with Crippen molar-refractivity contribution in [2.45, 2.75) is 57.1 Å². The van der Waals surface area contributed by atoms with E-state index in [4.69, 9.17) is 21.1 Å². The Kier molecular flexibility index (Phi) is 6.86. The van der Waals surface area contributed by atoms with Gasteiger partial charge in [0.2, 0.25) is 0 Å². The Labute approximate surface area is 267 Å². The number of phenolic OH excluding ortho intramolecular Hbond substituents is 1. The number of benzene rings is 4. The first kappa shape index (κ1) is 29.2. The van der Waals surface area contributed by atoms with Crippen molar-refractivity contribution in [3.8, 4) is 17.2 Å². The molecule has 3 aliphatic rings. The molecule has 3 heterocycles. The SMILES string of the molecule is CC1CC(C)(C)N(CCCC=O)c2cc3c(cc21)C1(OC(=O)c2ccccc21)c1cc(Cl)c(N(C)c2ccc(O)cc2)cc1O3. The minimum absolute atomic E-state index is 0.131. The molecule has 0 saturated heterocycles. The third-order valence-electron chi connectivity index (χ3n) is 9.59. The number of esters is 1. The number of hydrogen-bond donors (Lipinski definition) is 1. The molecule has 0 amide bonds. The predicted molar refractivity (Wildman–Crippen MR) is 176 cm³/mol. The summed E-state index contributed by atoms with van der Waals surface area (Å²) in [4.78, 5) is 29.0. The zero-order chi connectivity index (χ0) is 31.7. The molecule has 8 heteroatoms. The Morgan fingerprint density at radius 2 is 1.73 bits per heavy atom. The number of aromatic hydroxyl groups is 1. The van der Waals surface area contributed by atoms with E-state index in [0.29, 0.717) is 39.8 Å². The smallest absolute Gasteiger partial charge is 0.340 e. The van der Waals surface area contributed by atoms with Gasteiger partial charge in [0, 0.05) is 65.8 Å². The van der Waals surface area contributed by atoms with Crippen LogP contribution in [0.3, 0.4) is 0 Å². The number of carbonyl (C=O) groups is 2. The molecule has 0 fully saturated rings. The van der Waals surface area contributed by atoms with Crippen molar-refractivity contribution in [2.24, 2.45) is 0 Å². The van der Waals surface area contributed by atoms with Gasteiger partial charge in [0.05, 0.1) is 16.3 Å². The van der Waals surface area contributed by atoms with Crippen LogP contribution in [0.5, 0.6) is 17.2 Å². The average Bonchev–Trinajstić information content (AvgIpc) is 3.31. The average molecular weight is 623 g/mol. The third kappa shape index (κ3) is 4.47. The normalized spacial score (nSPS) is 20.4. The minimum Gasteiger partial charge on any atom is -0.508 e. The number of phenols is 1. The number of carbonyl (C=O) groups excluding carboxylic acids is 2. The van der Waals surface area contributed by atoms with Gasteiger partial charge in [0.1, 0.15) is 23.5 Å². The van der Waals surface area contributed by atoms with Gasteiger partial charge in [-0.3, -0.25) is 0 Å². The Balaban J connectivity index is 1.45. The van der Waals surface area contributed by atoms with Crippen molar-refractivity contribution in [2.75, 3.05) is 23.4 Å². The van der Waals surface area contributed by atoms with Gasteiger partial charge in [0.15, 0.2) is 5.60 Å². The molecule has 1 spiro atoms. The summed E-state index contributed by atoms with van der Waals surface area (Å²) < 4.78 is 13.2. The molecular formula is C37H35ClN2O5. The topological polar surface area (TPSA) is 79.3 Å². The molecule has 3 aliphatic heterocycles. The molecular weight excluding hydrogens is 588 g/mol. The lowest BCUT2D eigenvalue weighted by atomic mass is 9.74. The lowest BCUT2D eigenvalue weighted by molar-refractivity contribution is -0.107. The van der Waals surface area contributed by atoms with Crippen LogP contribution in [0.15, 0.2) is 72.8 Å². The summed E-state index contributed by atoms with van der Waals surface area (Å²) in [6.45, 7) is 7.46. The van der Waals surface area contributed by atoms with E-state index >= 15 is 0 Å². The van der Waals surface area contributed by atoms with Gasteiger partial charge in [-0.25, -0.2) is 4.79 Å². The number of fused-ring (bicyclic) bond motifs is 7. The Hall–Kier alpha value is -4.49. The zero-order valence-corrected chi connectivity index (χ0v) is 26.5. The zero-order valence-electron chi connectivity index (χ0n) is 25.8. The number of aldehydes is 1. The first-order valence-corrected chi connectivity index (χ1v) is 15.7. The first-order chi connectivity index (χ1) is 21.5. The molecule has 45 heavy (non-hydrogen) atoms. The molecule has 7 nitrogen and oxygen atoms in total. The first-order valence-electron chi connectivity index (χ1n) is 15.3. The molecule has 0 aromatic heterocycles. The van der Waals surface area contributed by atoms with E-state index in [0.717, 1.165) is 53.7 Å². The van der Waals surface area contributed by atoms with Crippen molar-refractivity contribution >= 4 is 40.9 Å². The number of nitrogens with zero attached hydrogens (tertiary/aromatic N) is 2. The fourth-order valence-electron chi connectivity index (χ4n) is 7.48. The van der Waals surface area contributed by atoms with Gasteiger partial charge in [0.25, 0.3) is 0 Å². The van der Waals surface area contributed by atoms with Crippen LogP contribution in [0.4, 0.5) is 17.1 Å². The number of anilines is 3. The van der Waals surface area contributed by atoms with E-state index in [1.54, 1.807) is 18.2 Å². The predicted octanol–water partition coefficient (Wildman–Crippen LogP) is 8.45. The summed E-state index contributed by atoms with van der Waals surface area (Å²) in [5.74, 6) is 1.16. The Bertz CT molecular complexity index is 1850. The van der Waals surface area contributed by atoms with Crippen LogP contribution in [0, 0.1) is 0 Å². The van der Waals surface area contributed by atoms with Gasteiger partial charge in [-0.1, -0.05) is 36.7 Å². The van der Waals surface area contributed by atoms with Crippen LogP contribution in [0.25, 0.3) is 0 Å². The van der Waals surface area contributed by atoms with E-state index in [-0.39, 0.29) is 17.2 Å². The quantitative estimate of drug-likeness (QED) is 0.131. The standard InChI is InChI=1S/C37H35ClN2O5/c1-22-21-36(2,3)40(15-7-8-16-41)31-19-33-28(17-26(22)31)37(27-10-6-5-9-25(27)35(43)45-37)29-18-30(38)32(20-34(29)44-33)39(4)23-11-13-24(42)14-12-23/h5-6,9-14,16-20,22,42H,7-8,15,21H2,1-4H3. The van der Waals surface area contributed by atoms with Crippen molar-refractivity contribution in [1.82, 2.24) is 0 Å². The van der Waals surface area contributed by atoms with Gasteiger partial charge in [-0.05, 0) is 80.6 Å². The number of halogens is 1. The Morgan fingerprint density at radius 3 is 2.49 bits per heavy atom. The van der Waals surface area contributed by atoms with Crippen molar-refractivity contribution in [3.63, 3.8) is 0 Å². The molecule has 4 aromatic rings. The molecule has 0 aliphatic carbocycles. The highest BCUT2D eigenvalue weighted by Crippen LogP contribution is 2.60. The maximum Gasteiger partial charge on any atom is 0.340 e. The number of hydrogen-bond acceptors (Lipinski definition) is 7. The second-order valence-corrected chi connectivity index (χ2v) is 13.3. The van der Waals surface area contributed by atoms with Gasteiger partial charge < -0.3 is 29.2 Å². The third-order valence-corrected chi connectivity index (χ3v) is 9.89. The van der Waals surface area contributed by atoms with E-state index in [1.807, 2.05) is 54.4 Å². The lowest BCUT2D eigenvalue weighted by Crippen LogP contribution is -2.49. The molecule has 2 atom stereocenters. The van der Waals surface area contributed by atoms with Gasteiger partial charge in [-0.2, -0.15) is 0 Å². The Morgan fingerprint density at radius 1 is 1.02 bits per heavy atom.